The van der Waals surface area contributed by atoms with Crippen molar-refractivity contribution in [3.05, 3.63) is 74.3 Å². The first-order valence-electron chi connectivity index (χ1n) is 8.78. The lowest BCUT2D eigenvalue weighted by Gasteiger charge is -2.15. The number of rotatable bonds is 5. The number of ether oxygens (including phenoxy) is 1. The summed E-state index contributed by atoms with van der Waals surface area (Å²) in [5, 5.41) is 7.50. The van der Waals surface area contributed by atoms with E-state index in [0.717, 1.165) is 0 Å². The third kappa shape index (κ3) is 4.42. The fourth-order valence-corrected chi connectivity index (χ4v) is 4.42. The molecule has 154 valence electrons. The predicted octanol–water partition coefficient (Wildman–Crippen LogP) is 6.52. The Morgan fingerprint density at radius 3 is 2.80 bits per heavy atom. The molecule has 1 aliphatic heterocycles. The Morgan fingerprint density at radius 2 is 2.00 bits per heavy atom. The number of hydrogen-bond acceptors (Lipinski definition) is 5. The van der Waals surface area contributed by atoms with Crippen molar-refractivity contribution >= 4 is 64.2 Å². The number of anilines is 1. The highest BCUT2D eigenvalue weighted by atomic mass is 35.5. The maximum Gasteiger partial charge on any atom is 0.260 e. The molecular weight excluding hydrogens is 467 g/mol. The van der Waals surface area contributed by atoms with E-state index < -0.39 is 0 Å². The molecule has 30 heavy (non-hydrogen) atoms. The summed E-state index contributed by atoms with van der Waals surface area (Å²) >= 11 is 19.7. The Balaban J connectivity index is 1.52. The van der Waals surface area contributed by atoms with Crippen molar-refractivity contribution in [2.75, 3.05) is 12.4 Å². The lowest BCUT2D eigenvalue weighted by Crippen LogP contribution is -2.31. The van der Waals surface area contributed by atoms with E-state index in [9.17, 15) is 4.79 Å². The summed E-state index contributed by atoms with van der Waals surface area (Å²) in [5.41, 5.74) is 0.984. The molecular formula is C21H15Cl3N2O3S. The van der Waals surface area contributed by atoms with Gasteiger partial charge >= 0.3 is 0 Å². The second-order valence-corrected chi connectivity index (χ2v) is 8.64. The topological polar surface area (TPSA) is 63.5 Å². The summed E-state index contributed by atoms with van der Waals surface area (Å²) in [6, 6.07) is 14.1. The third-order valence-electron chi connectivity index (χ3n) is 4.30. The van der Waals surface area contributed by atoms with Gasteiger partial charge in [0.25, 0.3) is 5.91 Å². The Labute approximate surface area is 192 Å². The zero-order valence-corrected chi connectivity index (χ0v) is 18.6. The Morgan fingerprint density at radius 1 is 1.17 bits per heavy atom. The van der Waals surface area contributed by atoms with Crippen molar-refractivity contribution in [3.63, 3.8) is 0 Å². The molecule has 0 aliphatic carbocycles. The third-order valence-corrected chi connectivity index (χ3v) is 6.38. The van der Waals surface area contributed by atoms with E-state index in [2.05, 4.69) is 10.6 Å². The van der Waals surface area contributed by atoms with Crippen LogP contribution < -0.4 is 15.4 Å². The van der Waals surface area contributed by atoms with Crippen molar-refractivity contribution in [2.45, 2.75) is 5.50 Å². The molecule has 0 bridgehead atoms. The number of carbonyl (C=O) groups excluding carboxylic acids is 1. The van der Waals surface area contributed by atoms with E-state index in [1.807, 2.05) is 6.07 Å². The van der Waals surface area contributed by atoms with E-state index in [0.29, 0.717) is 48.5 Å². The quantitative estimate of drug-likeness (QED) is 0.406. The van der Waals surface area contributed by atoms with Crippen LogP contribution >= 0.6 is 46.6 Å². The number of thioether (sulfide) groups is 1. The van der Waals surface area contributed by atoms with Crippen LogP contribution in [0.2, 0.25) is 15.1 Å². The molecule has 1 amide bonds. The van der Waals surface area contributed by atoms with Crippen LogP contribution in [0.5, 0.6) is 5.75 Å². The van der Waals surface area contributed by atoms with Crippen LogP contribution in [-0.2, 0) is 4.79 Å². The molecule has 1 fully saturated rings. The van der Waals surface area contributed by atoms with Gasteiger partial charge in [-0.3, -0.25) is 4.79 Å². The van der Waals surface area contributed by atoms with Crippen molar-refractivity contribution in [1.82, 2.24) is 5.32 Å². The summed E-state index contributed by atoms with van der Waals surface area (Å²) in [4.78, 5) is 12.9. The summed E-state index contributed by atoms with van der Waals surface area (Å²) in [7, 11) is 1.57. The smallest absolute Gasteiger partial charge is 0.260 e. The van der Waals surface area contributed by atoms with E-state index in [1.54, 1.807) is 55.7 Å². The Bertz CT molecular complexity index is 1150. The first-order valence-corrected chi connectivity index (χ1v) is 10.8. The number of methoxy groups -OCH3 is 1. The molecule has 1 aromatic heterocycles. The Hall–Kier alpha value is -2.25. The zero-order chi connectivity index (χ0) is 21.3. The fraction of sp³-hybridized carbons (Fsp3) is 0.0952. The van der Waals surface area contributed by atoms with Gasteiger partial charge < -0.3 is 19.8 Å². The number of halogens is 3. The van der Waals surface area contributed by atoms with Crippen LogP contribution in [0.3, 0.4) is 0 Å². The summed E-state index contributed by atoms with van der Waals surface area (Å²) < 4.78 is 11.2. The molecule has 0 saturated carbocycles. The molecule has 0 spiro atoms. The van der Waals surface area contributed by atoms with Crippen LogP contribution in [0, 0.1) is 0 Å². The maximum absolute atomic E-state index is 12.4. The van der Waals surface area contributed by atoms with E-state index in [1.165, 1.54) is 11.8 Å². The normalized spacial score (nSPS) is 17.3. The highest BCUT2D eigenvalue weighted by Crippen LogP contribution is 2.37. The minimum atomic E-state index is -0.382. The second-order valence-electron chi connectivity index (χ2n) is 6.27. The van der Waals surface area contributed by atoms with E-state index >= 15 is 0 Å². The van der Waals surface area contributed by atoms with Gasteiger partial charge in [0.05, 0.1) is 27.7 Å². The van der Waals surface area contributed by atoms with Crippen LogP contribution in [0.15, 0.2) is 57.9 Å². The van der Waals surface area contributed by atoms with Crippen molar-refractivity contribution in [3.8, 4) is 17.1 Å². The van der Waals surface area contributed by atoms with Crippen LogP contribution in [-0.4, -0.2) is 18.5 Å². The van der Waals surface area contributed by atoms with Gasteiger partial charge in [0.15, 0.2) is 5.50 Å². The molecule has 1 atom stereocenters. The highest BCUT2D eigenvalue weighted by molar-refractivity contribution is 8.05. The molecule has 0 radical (unpaired) electrons. The van der Waals surface area contributed by atoms with Crippen LogP contribution in [0.1, 0.15) is 5.76 Å². The molecule has 2 N–H and O–H groups in total. The fourth-order valence-electron chi connectivity index (χ4n) is 2.90. The van der Waals surface area contributed by atoms with Crippen molar-refractivity contribution in [2.24, 2.45) is 0 Å². The number of carbonyl (C=O) groups is 1. The highest BCUT2D eigenvalue weighted by Gasteiger charge is 2.28. The van der Waals surface area contributed by atoms with Gasteiger partial charge in [-0.2, -0.15) is 0 Å². The lowest BCUT2D eigenvalue weighted by molar-refractivity contribution is -0.116. The standard InChI is InChI=1S/C21H15Cl3N2O3S/c1-28-17-7-5-11(22)9-15(17)25-21-26-20(27)18(30-21)10-12-6-8-16(29-12)13-3-2-4-14(23)19(13)24/h2-10,21,25H,1H3,(H,26,27)/b18-10-. The van der Waals surface area contributed by atoms with Gasteiger partial charge in [-0.25, -0.2) is 0 Å². The lowest BCUT2D eigenvalue weighted by atomic mass is 10.2. The minimum absolute atomic E-state index is 0.211. The maximum atomic E-state index is 12.4. The predicted molar refractivity (Wildman–Crippen MR) is 123 cm³/mol. The molecule has 2 aromatic carbocycles. The van der Waals surface area contributed by atoms with Gasteiger partial charge in [-0.05, 0) is 42.5 Å². The molecule has 1 aliphatic rings. The van der Waals surface area contributed by atoms with Crippen LogP contribution in [0.25, 0.3) is 17.4 Å². The first kappa shape index (κ1) is 21.0. The molecule has 9 heteroatoms. The molecule has 4 rings (SSSR count). The van der Waals surface area contributed by atoms with E-state index in [-0.39, 0.29) is 11.4 Å². The van der Waals surface area contributed by atoms with Gasteiger partial charge in [-0.15, -0.1) is 0 Å². The number of hydrogen-bond donors (Lipinski definition) is 2. The number of furan rings is 1. The van der Waals surface area contributed by atoms with Crippen LogP contribution in [0.4, 0.5) is 5.69 Å². The van der Waals surface area contributed by atoms with Crippen molar-refractivity contribution in [1.29, 1.82) is 0 Å². The average Bonchev–Trinajstić information content (AvgIpc) is 3.31. The molecule has 1 unspecified atom stereocenters. The van der Waals surface area contributed by atoms with Crippen molar-refractivity contribution < 1.29 is 13.9 Å². The average molecular weight is 482 g/mol. The largest absolute Gasteiger partial charge is 0.495 e. The molecule has 1 saturated heterocycles. The second kappa shape index (κ2) is 8.86. The SMILES string of the molecule is COc1ccc(Cl)cc1NC1NC(=O)/C(=C/c2ccc(-c3cccc(Cl)c3Cl)o2)S1. The van der Waals surface area contributed by atoms with Gasteiger partial charge in [0.2, 0.25) is 0 Å². The summed E-state index contributed by atoms with van der Waals surface area (Å²) in [6.07, 6.45) is 1.68. The van der Waals surface area contributed by atoms with Gasteiger partial charge in [0, 0.05) is 16.7 Å². The van der Waals surface area contributed by atoms with Gasteiger partial charge in [0.1, 0.15) is 17.3 Å². The number of nitrogens with one attached hydrogen (secondary N) is 2. The van der Waals surface area contributed by atoms with E-state index in [4.69, 9.17) is 44.0 Å². The minimum Gasteiger partial charge on any atom is -0.495 e. The monoisotopic (exact) mass is 480 g/mol. The first-order chi connectivity index (χ1) is 14.4. The number of amides is 1. The molecule has 5 nitrogen and oxygen atoms in total. The summed E-state index contributed by atoms with van der Waals surface area (Å²) in [6.45, 7) is 0. The zero-order valence-electron chi connectivity index (χ0n) is 15.5. The summed E-state index contributed by atoms with van der Waals surface area (Å²) in [5.74, 6) is 1.51. The Kier molecular flexibility index (Phi) is 6.20. The van der Waals surface area contributed by atoms with Gasteiger partial charge in [-0.1, -0.05) is 52.6 Å². The number of benzene rings is 2. The molecule has 2 heterocycles. The molecule has 3 aromatic rings.